The van der Waals surface area contributed by atoms with Crippen LogP contribution in [0, 0.1) is 0 Å². The van der Waals surface area contributed by atoms with Gasteiger partial charge in [-0.25, -0.2) is 0 Å². The maximum absolute atomic E-state index is 11.6. The van der Waals surface area contributed by atoms with Crippen molar-refractivity contribution in [1.29, 1.82) is 0 Å². The Hall–Kier alpha value is -1.59. The third kappa shape index (κ3) is 7.11. The van der Waals surface area contributed by atoms with E-state index in [1.165, 1.54) is 0 Å². The van der Waals surface area contributed by atoms with Gasteiger partial charge in [0.15, 0.2) is 0 Å². The Balaban J connectivity index is 2.14. The molecule has 2 amide bonds. The quantitative estimate of drug-likeness (QED) is 0.641. The summed E-state index contributed by atoms with van der Waals surface area (Å²) in [6.07, 6.45) is 1.29. The maximum atomic E-state index is 11.6. The van der Waals surface area contributed by atoms with Crippen LogP contribution in [0.1, 0.15) is 19.8 Å². The summed E-state index contributed by atoms with van der Waals surface area (Å²) in [5.74, 6) is -0.154. The highest BCUT2D eigenvalue weighted by Crippen LogP contribution is 2.12. The Morgan fingerprint density at radius 3 is 2.45 bits per heavy atom. The topological polar surface area (TPSA) is 70.2 Å². The number of rotatable bonds is 8. The largest absolute Gasteiger partial charge is 0.356 e. The molecule has 0 spiro atoms. The second kappa shape index (κ2) is 9.34. The van der Waals surface area contributed by atoms with Gasteiger partial charge in [-0.05, 0) is 30.7 Å². The molecule has 0 aliphatic heterocycles. The molecule has 1 aromatic carbocycles. The van der Waals surface area contributed by atoms with Crippen molar-refractivity contribution < 1.29 is 9.59 Å². The third-order valence-electron chi connectivity index (χ3n) is 2.51. The minimum absolute atomic E-state index is 0.00235. The molecule has 0 aromatic heterocycles. The number of benzene rings is 1. The molecule has 0 bridgehead atoms. The fourth-order valence-corrected chi connectivity index (χ4v) is 1.62. The number of carbonyl (C=O) groups excluding carboxylic acids is 2. The molecule has 1 rings (SSSR count). The van der Waals surface area contributed by atoms with Crippen molar-refractivity contribution in [2.24, 2.45) is 0 Å². The molecule has 1 aromatic rings. The summed E-state index contributed by atoms with van der Waals surface area (Å²) in [6.45, 7) is 3.34. The van der Waals surface area contributed by atoms with Gasteiger partial charge in [0.1, 0.15) is 0 Å². The molecule has 0 aliphatic carbocycles. The lowest BCUT2D eigenvalue weighted by atomic mass is 10.3. The zero-order valence-electron chi connectivity index (χ0n) is 11.5. The van der Waals surface area contributed by atoms with Crippen LogP contribution >= 0.6 is 11.6 Å². The van der Waals surface area contributed by atoms with E-state index in [4.69, 9.17) is 11.6 Å². The molecule has 6 heteroatoms. The van der Waals surface area contributed by atoms with Gasteiger partial charge < -0.3 is 16.0 Å². The SMILES string of the molecule is CCCNC(=O)CCNCC(=O)Nc1ccc(Cl)cc1. The smallest absolute Gasteiger partial charge is 0.238 e. The van der Waals surface area contributed by atoms with Crippen molar-refractivity contribution in [1.82, 2.24) is 10.6 Å². The highest BCUT2D eigenvalue weighted by Gasteiger charge is 2.03. The van der Waals surface area contributed by atoms with E-state index >= 15 is 0 Å². The Morgan fingerprint density at radius 2 is 1.80 bits per heavy atom. The average molecular weight is 298 g/mol. The first-order valence-electron chi connectivity index (χ1n) is 6.64. The number of amides is 2. The van der Waals surface area contributed by atoms with Gasteiger partial charge in [-0.2, -0.15) is 0 Å². The molecular weight excluding hydrogens is 278 g/mol. The monoisotopic (exact) mass is 297 g/mol. The molecule has 0 fully saturated rings. The first kappa shape index (κ1) is 16.5. The van der Waals surface area contributed by atoms with E-state index in [2.05, 4.69) is 16.0 Å². The summed E-state index contributed by atoms with van der Waals surface area (Å²) in [5.41, 5.74) is 0.696. The predicted octanol–water partition coefficient (Wildman–Crippen LogP) is 1.78. The lowest BCUT2D eigenvalue weighted by molar-refractivity contribution is -0.121. The van der Waals surface area contributed by atoms with Crippen LogP contribution in [0.2, 0.25) is 5.02 Å². The molecule has 0 radical (unpaired) electrons. The molecule has 0 aliphatic rings. The Bertz CT molecular complexity index is 435. The van der Waals surface area contributed by atoms with Crippen LogP contribution in [-0.2, 0) is 9.59 Å². The zero-order chi connectivity index (χ0) is 14.8. The second-order valence-corrected chi connectivity index (χ2v) is 4.77. The van der Waals surface area contributed by atoms with Crippen molar-refractivity contribution in [3.05, 3.63) is 29.3 Å². The molecule has 0 unspecified atom stereocenters. The van der Waals surface area contributed by atoms with Crippen molar-refractivity contribution in [2.45, 2.75) is 19.8 Å². The number of nitrogens with one attached hydrogen (secondary N) is 3. The number of hydrogen-bond donors (Lipinski definition) is 3. The number of carbonyl (C=O) groups is 2. The van der Waals surface area contributed by atoms with E-state index in [1.807, 2.05) is 6.92 Å². The van der Waals surface area contributed by atoms with Gasteiger partial charge in [0.25, 0.3) is 0 Å². The molecular formula is C14H20ClN3O2. The summed E-state index contributed by atoms with van der Waals surface area (Å²) in [7, 11) is 0. The number of halogens is 1. The maximum Gasteiger partial charge on any atom is 0.238 e. The minimum atomic E-state index is -0.152. The first-order valence-corrected chi connectivity index (χ1v) is 7.02. The molecule has 0 saturated carbocycles. The van der Waals surface area contributed by atoms with Gasteiger partial charge in [-0.1, -0.05) is 18.5 Å². The Morgan fingerprint density at radius 1 is 1.10 bits per heavy atom. The molecule has 0 saturated heterocycles. The zero-order valence-corrected chi connectivity index (χ0v) is 12.3. The van der Waals surface area contributed by atoms with E-state index in [9.17, 15) is 9.59 Å². The van der Waals surface area contributed by atoms with Crippen LogP contribution in [0.5, 0.6) is 0 Å². The van der Waals surface area contributed by atoms with Crippen LogP contribution < -0.4 is 16.0 Å². The summed E-state index contributed by atoms with van der Waals surface area (Å²) in [5, 5.41) is 9.05. The Kier molecular flexibility index (Phi) is 7.69. The average Bonchev–Trinajstić information content (AvgIpc) is 2.44. The van der Waals surface area contributed by atoms with Crippen LogP contribution in [0.4, 0.5) is 5.69 Å². The van der Waals surface area contributed by atoms with Crippen LogP contribution in [-0.4, -0.2) is 31.4 Å². The molecule has 3 N–H and O–H groups in total. The van der Waals surface area contributed by atoms with E-state index in [1.54, 1.807) is 24.3 Å². The lowest BCUT2D eigenvalue weighted by Crippen LogP contribution is -2.32. The van der Waals surface area contributed by atoms with Gasteiger partial charge in [-0.15, -0.1) is 0 Å². The van der Waals surface area contributed by atoms with Crippen LogP contribution in [0.25, 0.3) is 0 Å². The molecule has 20 heavy (non-hydrogen) atoms. The standard InChI is InChI=1S/C14H20ClN3O2/c1-2-8-17-13(19)7-9-16-10-14(20)18-12-5-3-11(15)4-6-12/h3-6,16H,2,7-10H2,1H3,(H,17,19)(H,18,20). The van der Waals surface area contributed by atoms with Gasteiger partial charge >= 0.3 is 0 Å². The third-order valence-corrected chi connectivity index (χ3v) is 2.77. The lowest BCUT2D eigenvalue weighted by Gasteiger charge is -2.07. The van der Waals surface area contributed by atoms with E-state index < -0.39 is 0 Å². The summed E-state index contributed by atoms with van der Waals surface area (Å²) < 4.78 is 0. The molecule has 110 valence electrons. The summed E-state index contributed by atoms with van der Waals surface area (Å²) in [6, 6.07) is 6.89. The normalized spacial score (nSPS) is 10.1. The first-order chi connectivity index (χ1) is 9.61. The van der Waals surface area contributed by atoms with E-state index in [0.29, 0.717) is 30.2 Å². The van der Waals surface area contributed by atoms with Gasteiger partial charge in [0, 0.05) is 30.2 Å². The predicted molar refractivity (Wildman–Crippen MR) is 80.9 cm³/mol. The van der Waals surface area contributed by atoms with E-state index in [0.717, 1.165) is 6.42 Å². The summed E-state index contributed by atoms with van der Waals surface area (Å²) >= 11 is 5.75. The highest BCUT2D eigenvalue weighted by molar-refractivity contribution is 6.30. The van der Waals surface area contributed by atoms with Gasteiger partial charge in [-0.3, -0.25) is 9.59 Å². The van der Waals surface area contributed by atoms with Crippen LogP contribution in [0.15, 0.2) is 24.3 Å². The van der Waals surface area contributed by atoms with Crippen molar-refractivity contribution in [3.8, 4) is 0 Å². The van der Waals surface area contributed by atoms with E-state index in [-0.39, 0.29) is 18.4 Å². The van der Waals surface area contributed by atoms with Crippen molar-refractivity contribution in [3.63, 3.8) is 0 Å². The van der Waals surface area contributed by atoms with Crippen molar-refractivity contribution >= 4 is 29.1 Å². The molecule has 0 atom stereocenters. The number of anilines is 1. The van der Waals surface area contributed by atoms with Crippen LogP contribution in [0.3, 0.4) is 0 Å². The molecule has 0 heterocycles. The fourth-order valence-electron chi connectivity index (χ4n) is 1.50. The van der Waals surface area contributed by atoms with Gasteiger partial charge in [0.05, 0.1) is 6.54 Å². The highest BCUT2D eigenvalue weighted by atomic mass is 35.5. The van der Waals surface area contributed by atoms with Crippen molar-refractivity contribution in [2.75, 3.05) is 25.0 Å². The minimum Gasteiger partial charge on any atom is -0.356 e. The second-order valence-electron chi connectivity index (χ2n) is 4.33. The van der Waals surface area contributed by atoms with Gasteiger partial charge in [0.2, 0.25) is 11.8 Å². The summed E-state index contributed by atoms with van der Waals surface area (Å²) in [4.78, 5) is 22.9. The fraction of sp³-hybridized carbons (Fsp3) is 0.429. The molecule has 5 nitrogen and oxygen atoms in total. The number of hydrogen-bond acceptors (Lipinski definition) is 3. The Labute approximate surface area is 124 Å².